The number of hydrogen-bond acceptors (Lipinski definition) is 5. The third-order valence-electron chi connectivity index (χ3n) is 4.16. The number of pyridine rings is 1. The van der Waals surface area contributed by atoms with Crippen LogP contribution in [0.5, 0.6) is 0 Å². The van der Waals surface area contributed by atoms with Crippen LogP contribution < -0.4 is 5.32 Å². The van der Waals surface area contributed by atoms with Gasteiger partial charge >= 0.3 is 0 Å². The lowest BCUT2D eigenvalue weighted by atomic mass is 10.1. The summed E-state index contributed by atoms with van der Waals surface area (Å²) in [4.78, 5) is 18.7. The molecule has 1 amide bonds. The van der Waals surface area contributed by atoms with E-state index in [2.05, 4.69) is 20.6 Å². The molecular weight excluding hydrogens is 363 g/mol. The fourth-order valence-corrected chi connectivity index (χ4v) is 2.80. The molecule has 1 aliphatic rings. The Labute approximate surface area is 160 Å². The van der Waals surface area contributed by atoms with Crippen LogP contribution in [-0.2, 0) is 6.54 Å². The first-order valence-corrected chi connectivity index (χ1v) is 8.09. The summed E-state index contributed by atoms with van der Waals surface area (Å²) < 4.78 is 1.84. The molecule has 1 N–H and O–H groups in total. The quantitative estimate of drug-likeness (QED) is 0.851. The largest absolute Gasteiger partial charge is 0.332 e. The van der Waals surface area contributed by atoms with E-state index in [1.165, 1.54) is 0 Å². The van der Waals surface area contributed by atoms with Crippen molar-refractivity contribution in [3.63, 3.8) is 0 Å². The summed E-state index contributed by atoms with van der Waals surface area (Å²) in [6.07, 6.45) is 5.55. The zero-order valence-corrected chi connectivity index (χ0v) is 15.8. The summed E-state index contributed by atoms with van der Waals surface area (Å²) in [7, 11) is 0. The molecule has 0 atom stereocenters. The van der Waals surface area contributed by atoms with Crippen molar-refractivity contribution in [2.45, 2.75) is 32.4 Å². The molecule has 2 aromatic heterocycles. The number of piperidine rings is 1. The highest BCUT2D eigenvalue weighted by Gasteiger charge is 2.21. The van der Waals surface area contributed by atoms with Crippen molar-refractivity contribution in [1.29, 1.82) is 0 Å². The molecule has 138 valence electrons. The van der Waals surface area contributed by atoms with Crippen LogP contribution in [-0.4, -0.2) is 50.4 Å². The molecule has 1 aliphatic heterocycles. The lowest BCUT2D eigenvalue weighted by Crippen LogP contribution is -2.31. The maximum absolute atomic E-state index is 12.6. The summed E-state index contributed by atoms with van der Waals surface area (Å²) in [5.41, 5.74) is 1.27. The number of carbonyl (C=O) groups excluding carboxylic acids is 1. The predicted molar refractivity (Wildman–Crippen MR) is 100 cm³/mol. The van der Waals surface area contributed by atoms with Gasteiger partial charge in [-0.3, -0.25) is 9.78 Å². The number of halogens is 2. The van der Waals surface area contributed by atoms with Crippen LogP contribution in [0.2, 0.25) is 0 Å². The Morgan fingerprint density at radius 2 is 2.08 bits per heavy atom. The number of aromatic nitrogens is 4. The van der Waals surface area contributed by atoms with Gasteiger partial charge in [-0.05, 0) is 45.0 Å². The second-order valence-corrected chi connectivity index (χ2v) is 5.71. The van der Waals surface area contributed by atoms with Crippen molar-refractivity contribution in [1.82, 2.24) is 30.2 Å². The maximum Gasteiger partial charge on any atom is 0.276 e. The van der Waals surface area contributed by atoms with Gasteiger partial charge in [0.15, 0.2) is 5.69 Å². The second-order valence-electron chi connectivity index (χ2n) is 5.71. The number of nitrogens with zero attached hydrogens (tertiary/aromatic N) is 5. The van der Waals surface area contributed by atoms with Crippen LogP contribution in [0.4, 0.5) is 0 Å². The number of hydrogen-bond donors (Lipinski definition) is 1. The molecule has 0 aliphatic carbocycles. The molecule has 9 heteroatoms. The average molecular weight is 387 g/mol. The molecule has 0 saturated carbocycles. The molecular formula is C16H24Cl2N6O. The van der Waals surface area contributed by atoms with Crippen molar-refractivity contribution >= 4 is 30.7 Å². The van der Waals surface area contributed by atoms with Gasteiger partial charge in [-0.1, -0.05) is 11.3 Å². The zero-order valence-electron chi connectivity index (χ0n) is 14.2. The predicted octanol–water partition coefficient (Wildman–Crippen LogP) is 2.10. The Morgan fingerprint density at radius 1 is 1.32 bits per heavy atom. The van der Waals surface area contributed by atoms with Gasteiger partial charge in [0.2, 0.25) is 0 Å². The SMILES string of the molecule is CCN(Cc1ccccn1)C(=O)c1cn(C2CCNCC2)nn1.Cl.Cl. The average Bonchev–Trinajstić information content (AvgIpc) is 3.11. The minimum absolute atomic E-state index is 0. The standard InChI is InChI=1S/C16H22N6O.2ClH/c1-2-21(11-13-5-3-4-8-18-13)16(23)15-12-22(20-19-15)14-6-9-17-10-7-14;;/h3-5,8,12,14,17H,2,6-7,9-11H2,1H3;2*1H. The van der Waals surface area contributed by atoms with Crippen LogP contribution in [0.25, 0.3) is 0 Å². The third-order valence-corrected chi connectivity index (χ3v) is 4.16. The Balaban J connectivity index is 0.00000156. The number of rotatable bonds is 5. The lowest BCUT2D eigenvalue weighted by molar-refractivity contribution is 0.0744. The topological polar surface area (TPSA) is 75.9 Å². The van der Waals surface area contributed by atoms with E-state index in [1.807, 2.05) is 29.8 Å². The number of nitrogens with one attached hydrogen (secondary N) is 1. The van der Waals surface area contributed by atoms with Crippen LogP contribution >= 0.6 is 24.8 Å². The fourth-order valence-electron chi connectivity index (χ4n) is 2.80. The minimum Gasteiger partial charge on any atom is -0.332 e. The summed E-state index contributed by atoms with van der Waals surface area (Å²) in [6.45, 7) is 5.01. The van der Waals surface area contributed by atoms with Crippen molar-refractivity contribution in [2.24, 2.45) is 0 Å². The molecule has 0 radical (unpaired) electrons. The van der Waals surface area contributed by atoms with Crippen LogP contribution in [0.1, 0.15) is 42.0 Å². The highest BCUT2D eigenvalue weighted by atomic mass is 35.5. The molecule has 1 fully saturated rings. The molecule has 7 nitrogen and oxygen atoms in total. The van der Waals surface area contributed by atoms with E-state index in [0.29, 0.717) is 24.8 Å². The van der Waals surface area contributed by atoms with Crippen LogP contribution in [0, 0.1) is 0 Å². The molecule has 3 heterocycles. The van der Waals surface area contributed by atoms with Gasteiger partial charge in [0.05, 0.1) is 24.5 Å². The van der Waals surface area contributed by atoms with Crippen molar-refractivity contribution in [2.75, 3.05) is 19.6 Å². The van der Waals surface area contributed by atoms with Gasteiger partial charge in [-0.2, -0.15) is 0 Å². The van der Waals surface area contributed by atoms with Crippen molar-refractivity contribution in [3.05, 3.63) is 42.0 Å². The Morgan fingerprint density at radius 3 is 2.72 bits per heavy atom. The summed E-state index contributed by atoms with van der Waals surface area (Å²) in [6, 6.07) is 6.04. The fraction of sp³-hybridized carbons (Fsp3) is 0.500. The van der Waals surface area contributed by atoms with E-state index in [1.54, 1.807) is 17.3 Å². The van der Waals surface area contributed by atoms with Gasteiger partial charge in [0, 0.05) is 12.7 Å². The molecule has 2 aromatic rings. The van der Waals surface area contributed by atoms with Crippen molar-refractivity contribution in [3.8, 4) is 0 Å². The first-order chi connectivity index (χ1) is 11.3. The molecule has 3 rings (SSSR count). The van der Waals surface area contributed by atoms with Gasteiger partial charge < -0.3 is 10.2 Å². The monoisotopic (exact) mass is 386 g/mol. The highest BCUT2D eigenvalue weighted by Crippen LogP contribution is 2.17. The zero-order chi connectivity index (χ0) is 16.1. The van der Waals surface area contributed by atoms with Crippen molar-refractivity contribution < 1.29 is 4.79 Å². The Bertz CT molecular complexity index is 645. The van der Waals surface area contributed by atoms with E-state index < -0.39 is 0 Å². The minimum atomic E-state index is -0.0988. The van der Waals surface area contributed by atoms with E-state index in [0.717, 1.165) is 31.6 Å². The van der Waals surface area contributed by atoms with E-state index in [9.17, 15) is 4.79 Å². The Kier molecular flexibility index (Phi) is 8.82. The van der Waals surface area contributed by atoms with E-state index in [-0.39, 0.29) is 30.7 Å². The lowest BCUT2D eigenvalue weighted by Gasteiger charge is -2.22. The molecule has 1 saturated heterocycles. The number of carbonyl (C=O) groups is 1. The number of amides is 1. The van der Waals surface area contributed by atoms with Crippen LogP contribution in [0.3, 0.4) is 0 Å². The van der Waals surface area contributed by atoms with Gasteiger partial charge in [0.1, 0.15) is 0 Å². The van der Waals surface area contributed by atoms with Gasteiger partial charge in [-0.15, -0.1) is 29.9 Å². The Hall–Kier alpha value is -1.70. The van der Waals surface area contributed by atoms with Gasteiger partial charge in [0.25, 0.3) is 5.91 Å². The van der Waals surface area contributed by atoms with Gasteiger partial charge in [-0.25, -0.2) is 4.68 Å². The first kappa shape index (κ1) is 21.3. The molecule has 0 unspecified atom stereocenters. The smallest absolute Gasteiger partial charge is 0.276 e. The third kappa shape index (κ3) is 5.39. The maximum atomic E-state index is 12.6. The summed E-state index contributed by atoms with van der Waals surface area (Å²) in [5.74, 6) is -0.0988. The van der Waals surface area contributed by atoms with Crippen LogP contribution in [0.15, 0.2) is 30.6 Å². The van der Waals surface area contributed by atoms with E-state index in [4.69, 9.17) is 0 Å². The van der Waals surface area contributed by atoms with E-state index >= 15 is 0 Å². The summed E-state index contributed by atoms with van der Waals surface area (Å²) in [5, 5.41) is 11.6. The molecule has 0 aromatic carbocycles. The summed E-state index contributed by atoms with van der Waals surface area (Å²) >= 11 is 0. The normalized spacial score (nSPS) is 14.3. The first-order valence-electron chi connectivity index (χ1n) is 8.09. The highest BCUT2D eigenvalue weighted by molar-refractivity contribution is 5.91. The molecule has 0 bridgehead atoms. The molecule has 0 spiro atoms. The molecule has 25 heavy (non-hydrogen) atoms. The second kappa shape index (κ2) is 10.3.